The Bertz CT molecular complexity index is 273. The van der Waals surface area contributed by atoms with E-state index in [-0.39, 0.29) is 11.9 Å². The van der Waals surface area contributed by atoms with Crippen LogP contribution in [-0.2, 0) is 11.2 Å². The van der Waals surface area contributed by atoms with Gasteiger partial charge in [0.25, 0.3) is 0 Å². The molecular weight excluding hydrogens is 180 g/mol. The lowest BCUT2D eigenvalue weighted by molar-refractivity contribution is -0.136. The number of benzene rings is 1. The van der Waals surface area contributed by atoms with Crippen LogP contribution in [0.1, 0.15) is 5.56 Å². The van der Waals surface area contributed by atoms with Crippen molar-refractivity contribution in [2.75, 3.05) is 0 Å². The molecule has 0 radical (unpaired) electrons. The molecule has 0 unspecified atom stereocenters. The molecule has 0 saturated heterocycles. The second-order valence-electron chi connectivity index (χ2n) is 2.16. The second kappa shape index (κ2) is 4.74. The lowest BCUT2D eigenvalue weighted by atomic mass is 10.1. The van der Waals surface area contributed by atoms with E-state index in [1.807, 2.05) is 0 Å². The van der Waals surface area contributed by atoms with Crippen molar-refractivity contribution in [3.05, 3.63) is 34.9 Å². The smallest absolute Gasteiger partial charge is 0.307 e. The summed E-state index contributed by atoms with van der Waals surface area (Å²) in [4.78, 5) is 10.3. The minimum absolute atomic E-state index is 0. The van der Waals surface area contributed by atoms with Gasteiger partial charge in [0.15, 0.2) is 0 Å². The zero-order valence-electron chi connectivity index (χ0n) is 6.25. The Morgan fingerprint density at radius 3 is 2.50 bits per heavy atom. The van der Waals surface area contributed by atoms with Gasteiger partial charge in [0.05, 0.1) is 6.42 Å². The van der Waals surface area contributed by atoms with Gasteiger partial charge in [-0.1, -0.05) is 29.8 Å². The monoisotopic (exact) mass is 188 g/mol. The summed E-state index contributed by atoms with van der Waals surface area (Å²) in [6.07, 6.45) is -0.0142. The zero-order chi connectivity index (χ0) is 8.27. The number of carboxylic acid groups (broad SMARTS) is 1. The van der Waals surface area contributed by atoms with Gasteiger partial charge in [-0.2, -0.15) is 0 Å². The van der Waals surface area contributed by atoms with Crippen LogP contribution in [0.5, 0.6) is 0 Å². The standard InChI is InChI=1S/C8H7ClO2.H2O/c9-7-4-2-1-3-6(7)5-8(10)11;/h1-4H,5H2,(H,10,11);1H2. The van der Waals surface area contributed by atoms with Gasteiger partial charge < -0.3 is 10.6 Å². The fraction of sp³-hybridized carbons (Fsp3) is 0.125. The molecule has 0 aliphatic carbocycles. The molecule has 3 nitrogen and oxygen atoms in total. The third-order valence-electron chi connectivity index (χ3n) is 1.30. The highest BCUT2D eigenvalue weighted by atomic mass is 35.5. The Hall–Kier alpha value is -1.06. The summed E-state index contributed by atoms with van der Waals surface area (Å²) in [5, 5.41) is 8.94. The molecule has 3 N–H and O–H groups in total. The van der Waals surface area contributed by atoms with Gasteiger partial charge in [-0.25, -0.2) is 0 Å². The summed E-state index contributed by atoms with van der Waals surface area (Å²) in [6.45, 7) is 0. The van der Waals surface area contributed by atoms with Crippen molar-refractivity contribution in [2.45, 2.75) is 6.42 Å². The normalized spacial score (nSPS) is 8.75. The van der Waals surface area contributed by atoms with Crippen molar-refractivity contribution in [2.24, 2.45) is 0 Å². The first-order valence-electron chi connectivity index (χ1n) is 3.15. The van der Waals surface area contributed by atoms with Crippen molar-refractivity contribution in [3.8, 4) is 0 Å². The highest BCUT2D eigenvalue weighted by Gasteiger charge is 2.02. The first-order chi connectivity index (χ1) is 5.20. The highest BCUT2D eigenvalue weighted by molar-refractivity contribution is 6.31. The Morgan fingerprint density at radius 2 is 2.00 bits per heavy atom. The van der Waals surface area contributed by atoms with Gasteiger partial charge in [0.2, 0.25) is 0 Å². The van der Waals surface area contributed by atoms with Crippen LogP contribution >= 0.6 is 11.6 Å². The number of rotatable bonds is 2. The molecule has 0 heterocycles. The van der Waals surface area contributed by atoms with Gasteiger partial charge in [-0.15, -0.1) is 0 Å². The molecule has 66 valence electrons. The summed E-state index contributed by atoms with van der Waals surface area (Å²) in [5.74, 6) is -0.863. The van der Waals surface area contributed by atoms with Crippen LogP contribution in [0.2, 0.25) is 5.02 Å². The maximum absolute atomic E-state index is 10.3. The molecule has 0 spiro atoms. The van der Waals surface area contributed by atoms with E-state index in [0.29, 0.717) is 10.6 Å². The van der Waals surface area contributed by atoms with Crippen molar-refractivity contribution in [1.82, 2.24) is 0 Å². The minimum atomic E-state index is -0.863. The molecular formula is C8H9ClO3. The Kier molecular flexibility index (Phi) is 4.33. The first kappa shape index (κ1) is 10.9. The first-order valence-corrected chi connectivity index (χ1v) is 3.53. The van der Waals surface area contributed by atoms with Crippen molar-refractivity contribution in [1.29, 1.82) is 0 Å². The van der Waals surface area contributed by atoms with E-state index in [2.05, 4.69) is 0 Å². The molecule has 0 aliphatic heterocycles. The number of halogens is 1. The van der Waals surface area contributed by atoms with Crippen LogP contribution < -0.4 is 0 Å². The molecule has 0 aromatic heterocycles. The maximum atomic E-state index is 10.3. The molecule has 0 bridgehead atoms. The molecule has 0 atom stereocenters. The predicted molar refractivity (Wildman–Crippen MR) is 46.4 cm³/mol. The number of carbonyl (C=O) groups is 1. The summed E-state index contributed by atoms with van der Waals surface area (Å²) < 4.78 is 0. The highest BCUT2D eigenvalue weighted by Crippen LogP contribution is 2.14. The lowest BCUT2D eigenvalue weighted by Crippen LogP contribution is -1.99. The fourth-order valence-electron chi connectivity index (χ4n) is 0.805. The number of hydrogen-bond acceptors (Lipinski definition) is 1. The van der Waals surface area contributed by atoms with E-state index in [0.717, 1.165) is 0 Å². The number of carboxylic acids is 1. The average Bonchev–Trinajstić information content (AvgIpc) is 1.93. The topological polar surface area (TPSA) is 68.8 Å². The van der Waals surface area contributed by atoms with Crippen LogP contribution in [0.4, 0.5) is 0 Å². The van der Waals surface area contributed by atoms with Crippen molar-refractivity contribution >= 4 is 17.6 Å². The summed E-state index contributed by atoms with van der Waals surface area (Å²) in [6, 6.07) is 6.92. The van der Waals surface area contributed by atoms with Gasteiger partial charge in [0.1, 0.15) is 0 Å². The molecule has 0 fully saturated rings. The van der Waals surface area contributed by atoms with Crippen LogP contribution in [0, 0.1) is 0 Å². The Labute approximate surface area is 74.9 Å². The van der Waals surface area contributed by atoms with Crippen molar-refractivity contribution < 1.29 is 15.4 Å². The van der Waals surface area contributed by atoms with E-state index >= 15 is 0 Å². The number of hydrogen-bond donors (Lipinski definition) is 1. The number of aliphatic carboxylic acids is 1. The van der Waals surface area contributed by atoms with Gasteiger partial charge >= 0.3 is 5.97 Å². The molecule has 12 heavy (non-hydrogen) atoms. The molecule has 0 aliphatic rings. The summed E-state index contributed by atoms with van der Waals surface area (Å²) >= 11 is 5.70. The van der Waals surface area contributed by atoms with Gasteiger partial charge in [-0.05, 0) is 11.6 Å². The average molecular weight is 189 g/mol. The summed E-state index contributed by atoms with van der Waals surface area (Å²) in [7, 11) is 0. The maximum Gasteiger partial charge on any atom is 0.307 e. The molecule has 0 amide bonds. The Balaban J connectivity index is 0.00000121. The van der Waals surface area contributed by atoms with Crippen LogP contribution in [-0.4, -0.2) is 16.6 Å². The molecule has 4 heteroatoms. The van der Waals surface area contributed by atoms with Gasteiger partial charge in [0, 0.05) is 5.02 Å². The SMILES string of the molecule is O.O=C(O)Cc1ccccc1Cl. The Morgan fingerprint density at radius 1 is 1.42 bits per heavy atom. The predicted octanol–water partition coefficient (Wildman–Crippen LogP) is 1.14. The van der Waals surface area contributed by atoms with Crippen LogP contribution in [0.3, 0.4) is 0 Å². The van der Waals surface area contributed by atoms with Crippen LogP contribution in [0.25, 0.3) is 0 Å². The van der Waals surface area contributed by atoms with E-state index in [1.54, 1.807) is 24.3 Å². The quantitative estimate of drug-likeness (QED) is 0.756. The van der Waals surface area contributed by atoms with E-state index < -0.39 is 5.97 Å². The summed E-state index contributed by atoms with van der Waals surface area (Å²) in [5.41, 5.74) is 0.654. The molecule has 0 saturated carbocycles. The fourth-order valence-corrected chi connectivity index (χ4v) is 1.01. The minimum Gasteiger partial charge on any atom is -0.481 e. The van der Waals surface area contributed by atoms with Gasteiger partial charge in [-0.3, -0.25) is 4.79 Å². The third-order valence-corrected chi connectivity index (χ3v) is 1.67. The van der Waals surface area contributed by atoms with E-state index in [4.69, 9.17) is 16.7 Å². The molecule has 1 aromatic carbocycles. The zero-order valence-corrected chi connectivity index (χ0v) is 7.01. The van der Waals surface area contributed by atoms with Crippen LogP contribution in [0.15, 0.2) is 24.3 Å². The largest absolute Gasteiger partial charge is 0.481 e. The third kappa shape index (κ3) is 2.90. The second-order valence-corrected chi connectivity index (χ2v) is 2.57. The lowest BCUT2D eigenvalue weighted by Gasteiger charge is -1.97. The van der Waals surface area contributed by atoms with Crippen molar-refractivity contribution in [3.63, 3.8) is 0 Å². The molecule has 1 aromatic rings. The molecule has 1 rings (SSSR count). The van der Waals surface area contributed by atoms with E-state index in [1.165, 1.54) is 0 Å². The van der Waals surface area contributed by atoms with E-state index in [9.17, 15) is 4.79 Å².